The molecule has 0 spiro atoms. The molecular formula is C107H214O12S5. The SMILES string of the molecule is CCCCCCCCCCCCCCC(O)=S.CCCCCCCCCCCCCCC(O)=S.CCCCCCCCCCCCCCC(O)=S.CCCCCCCCCCCCCCC(O)=S.CCCCCCCCCCCCCCCCCCOC(=O)CCSCCC(=O)OCCCCCCCCCCCCCCCCCC.OCC(CO)(CO)CO. The van der Waals surface area contributed by atoms with Crippen LogP contribution in [-0.4, -0.2) is 124 Å². The van der Waals surface area contributed by atoms with Gasteiger partial charge in [-0.15, -0.1) is 0 Å². The maximum Gasteiger partial charge on any atom is 0.306 e. The quantitative estimate of drug-likeness (QED) is 0.0161. The number of thioether (sulfide) groups is 1. The maximum atomic E-state index is 12.0. The van der Waals surface area contributed by atoms with Crippen molar-refractivity contribution in [1.82, 2.24) is 0 Å². The predicted molar refractivity (Wildman–Crippen MR) is 562 cm³/mol. The van der Waals surface area contributed by atoms with E-state index in [4.69, 9.17) is 50.3 Å². The minimum Gasteiger partial charge on any atom is -0.502 e. The van der Waals surface area contributed by atoms with Gasteiger partial charge >= 0.3 is 11.9 Å². The molecule has 744 valence electrons. The van der Waals surface area contributed by atoms with Crippen LogP contribution in [0, 0.1) is 5.41 Å². The molecule has 0 atom stereocenters. The van der Waals surface area contributed by atoms with E-state index >= 15 is 0 Å². The zero-order valence-electron chi connectivity index (χ0n) is 83.2. The second-order valence-corrected chi connectivity index (χ2v) is 39.5. The summed E-state index contributed by atoms with van der Waals surface area (Å²) in [7, 11) is 0. The smallest absolute Gasteiger partial charge is 0.306 e. The number of aliphatic hydroxyl groups excluding tert-OH is 8. The van der Waals surface area contributed by atoms with Gasteiger partial charge in [-0.1, -0.05) is 517 Å². The predicted octanol–water partition coefficient (Wildman–Crippen LogP) is 35.9. The zero-order valence-corrected chi connectivity index (χ0v) is 87.3. The van der Waals surface area contributed by atoms with Gasteiger partial charge in [0.25, 0.3) is 0 Å². The van der Waals surface area contributed by atoms with E-state index in [0.29, 0.717) is 63.2 Å². The summed E-state index contributed by atoms with van der Waals surface area (Å²) in [6.07, 6.45) is 112. The summed E-state index contributed by atoms with van der Waals surface area (Å²) in [6, 6.07) is 0. The van der Waals surface area contributed by atoms with Gasteiger partial charge in [0.2, 0.25) is 0 Å². The molecule has 12 nitrogen and oxygen atoms in total. The lowest BCUT2D eigenvalue weighted by molar-refractivity contribution is -0.144. The molecule has 0 unspecified atom stereocenters. The number of esters is 2. The second kappa shape index (κ2) is 124. The van der Waals surface area contributed by atoms with Crippen LogP contribution in [0.3, 0.4) is 0 Å². The Bertz CT molecular complexity index is 1810. The monoisotopic (exact) mass is 1850 g/mol. The van der Waals surface area contributed by atoms with Crippen molar-refractivity contribution in [3.05, 3.63) is 0 Å². The molecule has 17 heteroatoms. The summed E-state index contributed by atoms with van der Waals surface area (Å²) in [5.41, 5.74) is -1.11. The largest absolute Gasteiger partial charge is 0.502 e. The Morgan fingerprint density at radius 2 is 0.323 bits per heavy atom. The Labute approximate surface area is 797 Å². The number of carbonyl (C=O) groups excluding carboxylic acids is 2. The average molecular weight is 1850 g/mol. The second-order valence-electron chi connectivity index (χ2n) is 36.4. The molecule has 8 N–H and O–H groups in total. The van der Waals surface area contributed by atoms with Crippen LogP contribution in [0.4, 0.5) is 0 Å². The molecular weight excluding hydrogens is 1640 g/mol. The molecule has 0 aromatic carbocycles. The molecule has 0 amide bonds. The van der Waals surface area contributed by atoms with E-state index in [0.717, 1.165) is 51.4 Å². The fourth-order valence-corrected chi connectivity index (χ4v) is 16.4. The van der Waals surface area contributed by atoms with Gasteiger partial charge in [0.15, 0.2) is 20.2 Å². The third-order valence-corrected chi connectivity index (χ3v) is 25.5. The standard InChI is InChI=1S/C42H82O4S.4C15H30OS.C5H12O4/c1-3-5-7-9-11-13-15-17-19-21-23-25-27-29-31-33-37-45-41(43)35-39-47-40-36-42(44)46-38-34-32-30-28-26-24-22-20-18-16-14-12-10-8-6-4-2;4*1-2-3-4-5-6-7-8-9-10-11-12-13-14-15(16)17;6-1-5(2-7,3-8)4-9/h3-40H2,1-2H3;4*2-14H2,1H3,(H,16,17);6-9H,1-4H2. The van der Waals surface area contributed by atoms with Crippen molar-refractivity contribution >= 4 is 92.8 Å². The van der Waals surface area contributed by atoms with Crippen molar-refractivity contribution in [1.29, 1.82) is 0 Å². The molecule has 0 heterocycles. The molecule has 0 aliphatic heterocycles. The number of hydrogen-bond acceptors (Lipinski definition) is 13. The van der Waals surface area contributed by atoms with E-state index in [-0.39, 0.29) is 32.1 Å². The lowest BCUT2D eigenvalue weighted by atomic mass is 9.93. The Balaban J connectivity index is -0.000000373. The first kappa shape index (κ1) is 133. The summed E-state index contributed by atoms with van der Waals surface area (Å²) in [5, 5.41) is 70.1. The van der Waals surface area contributed by atoms with Crippen LogP contribution in [0.15, 0.2) is 0 Å². The van der Waals surface area contributed by atoms with Crippen molar-refractivity contribution < 1.29 is 59.9 Å². The lowest BCUT2D eigenvalue weighted by Crippen LogP contribution is -2.37. The van der Waals surface area contributed by atoms with Gasteiger partial charge in [-0.2, -0.15) is 11.8 Å². The molecule has 0 fully saturated rings. The van der Waals surface area contributed by atoms with Crippen LogP contribution in [0.5, 0.6) is 0 Å². The van der Waals surface area contributed by atoms with Crippen molar-refractivity contribution in [2.24, 2.45) is 5.41 Å². The van der Waals surface area contributed by atoms with Gasteiger partial charge in [0.05, 0.1) is 57.9 Å². The minimum absolute atomic E-state index is 0.107. The Hall–Kier alpha value is -1.31. The molecule has 0 radical (unpaired) electrons. The van der Waals surface area contributed by atoms with Gasteiger partial charge < -0.3 is 50.3 Å². The maximum absolute atomic E-state index is 12.0. The minimum atomic E-state index is -1.11. The van der Waals surface area contributed by atoms with E-state index < -0.39 is 31.8 Å². The number of ether oxygens (including phenoxy) is 2. The first-order valence-corrected chi connectivity index (χ1v) is 56.5. The fourth-order valence-electron chi connectivity index (χ4n) is 15.0. The van der Waals surface area contributed by atoms with Crippen LogP contribution >= 0.6 is 60.6 Å². The van der Waals surface area contributed by atoms with Crippen molar-refractivity contribution in [3.8, 4) is 0 Å². The van der Waals surface area contributed by atoms with Crippen molar-refractivity contribution in [3.63, 3.8) is 0 Å². The third-order valence-electron chi connectivity index (χ3n) is 23.7. The van der Waals surface area contributed by atoms with E-state index in [1.807, 2.05) is 0 Å². The van der Waals surface area contributed by atoms with Gasteiger partial charge in [0.1, 0.15) is 0 Å². The molecule has 0 bridgehead atoms. The highest BCUT2D eigenvalue weighted by atomic mass is 32.2. The van der Waals surface area contributed by atoms with E-state index in [1.54, 1.807) is 11.8 Å². The van der Waals surface area contributed by atoms with E-state index in [9.17, 15) is 9.59 Å². The number of aliphatic hydroxyl groups is 8. The normalized spacial score (nSPS) is 11.0. The summed E-state index contributed by atoms with van der Waals surface area (Å²) in [5.74, 6) is 1.21. The van der Waals surface area contributed by atoms with Crippen LogP contribution in [0.2, 0.25) is 0 Å². The van der Waals surface area contributed by atoms with Crippen LogP contribution < -0.4 is 0 Å². The third kappa shape index (κ3) is 136. The summed E-state index contributed by atoms with van der Waals surface area (Å²) in [4.78, 5) is 23.9. The Kier molecular flexibility index (Phi) is 133. The molecule has 0 aromatic rings. The molecule has 0 saturated heterocycles. The van der Waals surface area contributed by atoms with Crippen molar-refractivity contribution in [2.45, 2.75) is 594 Å². The number of thiocarbonyl (C=S) groups is 4. The first-order valence-electron chi connectivity index (χ1n) is 53.7. The number of hydrogen-bond donors (Lipinski definition) is 8. The van der Waals surface area contributed by atoms with E-state index in [1.165, 1.54) is 462 Å². The Morgan fingerprint density at radius 1 is 0.202 bits per heavy atom. The molecule has 0 saturated carbocycles. The van der Waals surface area contributed by atoms with Crippen LogP contribution in [0.25, 0.3) is 0 Å². The summed E-state index contributed by atoms with van der Waals surface area (Å²) >= 11 is 20.2. The van der Waals surface area contributed by atoms with Crippen molar-refractivity contribution in [2.75, 3.05) is 51.1 Å². The molecule has 0 aromatic heterocycles. The van der Waals surface area contributed by atoms with Gasteiger partial charge in [-0.3, -0.25) is 9.59 Å². The molecule has 0 aliphatic carbocycles. The molecule has 124 heavy (non-hydrogen) atoms. The summed E-state index contributed by atoms with van der Waals surface area (Å²) < 4.78 is 10.8. The summed E-state index contributed by atoms with van der Waals surface area (Å²) in [6.45, 7) is 13.1. The number of carbonyl (C=O) groups is 2. The highest BCUT2D eigenvalue weighted by Gasteiger charge is 2.26. The average Bonchev–Trinajstić information content (AvgIpc) is 0.913. The topological polar surface area (TPSA) is 214 Å². The highest BCUT2D eigenvalue weighted by Crippen LogP contribution is 2.21. The molecule has 0 aliphatic rings. The van der Waals surface area contributed by atoms with Gasteiger partial charge in [0, 0.05) is 37.2 Å². The number of unbranched alkanes of at least 4 members (excludes halogenated alkanes) is 74. The van der Waals surface area contributed by atoms with Crippen LogP contribution in [-0.2, 0) is 19.1 Å². The van der Waals surface area contributed by atoms with Gasteiger partial charge in [-0.05, 0) is 87.4 Å². The zero-order chi connectivity index (χ0) is 92.6. The fraction of sp³-hybridized carbons (Fsp3) is 0.944. The van der Waals surface area contributed by atoms with Crippen LogP contribution in [0.1, 0.15) is 594 Å². The van der Waals surface area contributed by atoms with E-state index in [2.05, 4.69) is 90.4 Å². The Morgan fingerprint density at radius 3 is 0.435 bits per heavy atom. The highest BCUT2D eigenvalue weighted by molar-refractivity contribution is 7.99. The molecule has 0 rings (SSSR count). The lowest BCUT2D eigenvalue weighted by Gasteiger charge is -2.23. The van der Waals surface area contributed by atoms with Gasteiger partial charge in [-0.25, -0.2) is 0 Å². The first-order chi connectivity index (χ1) is 60.5. The number of rotatable bonds is 96.